The summed E-state index contributed by atoms with van der Waals surface area (Å²) in [7, 11) is -0.585. The number of amidine groups is 1. The Morgan fingerprint density at radius 1 is 1.16 bits per heavy atom. The zero-order chi connectivity index (χ0) is 18.0. The lowest BCUT2D eigenvalue weighted by Gasteiger charge is -2.30. The van der Waals surface area contributed by atoms with Crippen LogP contribution in [0.2, 0.25) is 0 Å². The summed E-state index contributed by atoms with van der Waals surface area (Å²) in [6.07, 6.45) is 4.98. The van der Waals surface area contributed by atoms with Crippen LogP contribution < -0.4 is 10.6 Å². The Labute approximate surface area is 147 Å². The van der Waals surface area contributed by atoms with Crippen LogP contribution in [0.1, 0.15) is 5.56 Å². The number of benzene rings is 1. The Morgan fingerprint density at radius 3 is 2.60 bits per heavy atom. The van der Waals surface area contributed by atoms with Crippen molar-refractivity contribution in [1.82, 2.24) is 9.29 Å². The van der Waals surface area contributed by atoms with Gasteiger partial charge in [0, 0.05) is 25.9 Å². The number of anilines is 1. The predicted octanol–water partition coefficient (Wildman–Crippen LogP) is 1.51. The molecule has 2 N–H and O–H groups in total. The molecule has 0 spiro atoms. The molecule has 0 amide bonds. The molecule has 1 aromatic carbocycles. The number of nitrogens with two attached hydrogens (primary N) is 1. The first-order valence-corrected chi connectivity index (χ1v) is 9.07. The molecule has 25 heavy (non-hydrogen) atoms. The number of hydrogen-bond acceptors (Lipinski definition) is 6. The standard InChI is InChI=1S/C17H19N5O2S/c1-21(2)25(23,24)16-8-4-3-7-14(16)15-11-20-17(18)12-22(15)13-6-5-9-19-10-13/h3-11H,12H2,1-2H3,(H2,18,20). The summed E-state index contributed by atoms with van der Waals surface area (Å²) in [5, 5.41) is 0. The third-order valence-corrected chi connectivity index (χ3v) is 5.72. The predicted molar refractivity (Wildman–Crippen MR) is 98.5 cm³/mol. The van der Waals surface area contributed by atoms with E-state index in [1.165, 1.54) is 18.4 Å². The summed E-state index contributed by atoms with van der Waals surface area (Å²) < 4.78 is 26.6. The highest BCUT2D eigenvalue weighted by Gasteiger charge is 2.27. The molecule has 130 valence electrons. The fourth-order valence-corrected chi connectivity index (χ4v) is 3.65. The molecule has 0 saturated heterocycles. The van der Waals surface area contributed by atoms with Gasteiger partial charge in [0.1, 0.15) is 5.84 Å². The average molecular weight is 357 g/mol. The molecular weight excluding hydrogens is 338 g/mol. The van der Waals surface area contributed by atoms with Crippen molar-refractivity contribution in [1.29, 1.82) is 0 Å². The number of aliphatic imine (C=N–C) groups is 1. The Hall–Kier alpha value is -2.71. The van der Waals surface area contributed by atoms with Crippen LogP contribution in [0, 0.1) is 0 Å². The molecule has 0 unspecified atom stereocenters. The van der Waals surface area contributed by atoms with Crippen molar-refractivity contribution in [2.24, 2.45) is 10.7 Å². The third kappa shape index (κ3) is 3.26. The van der Waals surface area contributed by atoms with Gasteiger partial charge >= 0.3 is 0 Å². The van der Waals surface area contributed by atoms with Crippen molar-refractivity contribution in [3.8, 4) is 0 Å². The molecule has 7 nitrogen and oxygen atoms in total. The van der Waals surface area contributed by atoms with Gasteiger partial charge in [-0.25, -0.2) is 17.7 Å². The van der Waals surface area contributed by atoms with E-state index in [1.807, 2.05) is 17.0 Å². The van der Waals surface area contributed by atoms with Gasteiger partial charge in [0.05, 0.1) is 35.2 Å². The van der Waals surface area contributed by atoms with E-state index < -0.39 is 10.0 Å². The lowest BCUT2D eigenvalue weighted by atomic mass is 10.1. The highest BCUT2D eigenvalue weighted by molar-refractivity contribution is 7.89. The zero-order valence-corrected chi connectivity index (χ0v) is 14.8. The lowest BCUT2D eigenvalue weighted by Crippen LogP contribution is -2.36. The van der Waals surface area contributed by atoms with Gasteiger partial charge in [-0.3, -0.25) is 4.98 Å². The smallest absolute Gasteiger partial charge is 0.243 e. The Bertz CT molecular complexity index is 937. The normalized spacial score (nSPS) is 15.1. The molecule has 2 aromatic rings. The monoisotopic (exact) mass is 357 g/mol. The van der Waals surface area contributed by atoms with Crippen LogP contribution in [-0.4, -0.2) is 44.2 Å². The first-order valence-electron chi connectivity index (χ1n) is 7.63. The van der Waals surface area contributed by atoms with Gasteiger partial charge in [0.25, 0.3) is 0 Å². The quantitative estimate of drug-likeness (QED) is 0.895. The molecule has 1 aliphatic rings. The molecule has 2 heterocycles. The molecule has 0 atom stereocenters. The van der Waals surface area contributed by atoms with Crippen molar-refractivity contribution in [2.75, 3.05) is 25.5 Å². The van der Waals surface area contributed by atoms with Gasteiger partial charge in [-0.1, -0.05) is 18.2 Å². The van der Waals surface area contributed by atoms with Crippen molar-refractivity contribution in [2.45, 2.75) is 4.90 Å². The summed E-state index contributed by atoms with van der Waals surface area (Å²) in [6.45, 7) is 0.355. The molecule has 0 bridgehead atoms. The van der Waals surface area contributed by atoms with E-state index in [-0.39, 0.29) is 4.90 Å². The number of nitrogens with zero attached hydrogens (tertiary/aromatic N) is 4. The average Bonchev–Trinajstić information content (AvgIpc) is 2.62. The molecule has 0 fully saturated rings. The summed E-state index contributed by atoms with van der Waals surface area (Å²) in [5.74, 6) is 0.445. The lowest BCUT2D eigenvalue weighted by molar-refractivity contribution is 0.520. The minimum Gasteiger partial charge on any atom is -0.386 e. The molecule has 0 saturated carbocycles. The minimum atomic E-state index is -3.61. The van der Waals surface area contributed by atoms with Gasteiger partial charge in [-0.2, -0.15) is 0 Å². The number of pyridine rings is 1. The summed E-state index contributed by atoms with van der Waals surface area (Å²) >= 11 is 0. The van der Waals surface area contributed by atoms with E-state index in [0.29, 0.717) is 23.6 Å². The molecule has 8 heteroatoms. The van der Waals surface area contributed by atoms with E-state index in [4.69, 9.17) is 5.73 Å². The maximum atomic E-state index is 12.7. The fraction of sp³-hybridized carbons (Fsp3) is 0.176. The minimum absolute atomic E-state index is 0.218. The SMILES string of the molecule is CN(C)S(=O)(=O)c1ccccc1C1=CN=C(N)CN1c1cccnc1. The molecule has 3 rings (SSSR count). The van der Waals surface area contributed by atoms with Gasteiger partial charge in [0.15, 0.2) is 0 Å². The second-order valence-corrected chi connectivity index (χ2v) is 7.84. The largest absolute Gasteiger partial charge is 0.386 e. The number of hydrogen-bond donors (Lipinski definition) is 1. The van der Waals surface area contributed by atoms with E-state index in [2.05, 4.69) is 9.98 Å². The van der Waals surface area contributed by atoms with Crippen molar-refractivity contribution in [3.05, 3.63) is 60.6 Å². The Morgan fingerprint density at radius 2 is 1.92 bits per heavy atom. The maximum absolute atomic E-state index is 12.7. The van der Waals surface area contributed by atoms with Gasteiger partial charge in [-0.15, -0.1) is 0 Å². The third-order valence-electron chi connectivity index (χ3n) is 3.84. The zero-order valence-electron chi connectivity index (χ0n) is 14.0. The second-order valence-electron chi connectivity index (χ2n) is 5.72. The van der Waals surface area contributed by atoms with Crippen LogP contribution in [0.3, 0.4) is 0 Å². The van der Waals surface area contributed by atoms with Crippen LogP contribution in [0.25, 0.3) is 5.70 Å². The van der Waals surface area contributed by atoms with E-state index >= 15 is 0 Å². The van der Waals surface area contributed by atoms with Gasteiger partial charge in [-0.05, 0) is 18.2 Å². The van der Waals surface area contributed by atoms with Crippen LogP contribution in [0.5, 0.6) is 0 Å². The van der Waals surface area contributed by atoms with Crippen LogP contribution in [-0.2, 0) is 10.0 Å². The topological polar surface area (TPSA) is 91.9 Å². The second kappa shape index (κ2) is 6.66. The van der Waals surface area contributed by atoms with E-state index in [0.717, 1.165) is 5.69 Å². The van der Waals surface area contributed by atoms with Crippen LogP contribution in [0.15, 0.2) is 64.9 Å². The molecule has 1 aromatic heterocycles. The highest BCUT2D eigenvalue weighted by Crippen LogP contribution is 2.32. The maximum Gasteiger partial charge on any atom is 0.243 e. The van der Waals surface area contributed by atoms with Crippen molar-refractivity contribution in [3.63, 3.8) is 0 Å². The highest BCUT2D eigenvalue weighted by atomic mass is 32.2. The molecule has 1 aliphatic heterocycles. The van der Waals surface area contributed by atoms with Crippen molar-refractivity contribution >= 4 is 27.2 Å². The first kappa shape index (κ1) is 17.1. The van der Waals surface area contributed by atoms with Crippen LogP contribution in [0.4, 0.5) is 5.69 Å². The molecular formula is C17H19N5O2S. The summed E-state index contributed by atoms with van der Waals surface area (Å²) in [5.41, 5.74) is 7.92. The first-order chi connectivity index (χ1) is 11.9. The summed E-state index contributed by atoms with van der Waals surface area (Å²) in [4.78, 5) is 10.5. The Kier molecular flexibility index (Phi) is 4.56. The summed E-state index contributed by atoms with van der Waals surface area (Å²) in [6, 6.07) is 10.6. The number of aromatic nitrogens is 1. The van der Waals surface area contributed by atoms with Crippen molar-refractivity contribution < 1.29 is 8.42 Å². The van der Waals surface area contributed by atoms with E-state index in [9.17, 15) is 8.42 Å². The number of rotatable bonds is 4. The molecule has 0 radical (unpaired) electrons. The van der Waals surface area contributed by atoms with Gasteiger partial charge < -0.3 is 10.6 Å². The number of sulfonamides is 1. The fourth-order valence-electron chi connectivity index (χ4n) is 2.56. The molecule has 0 aliphatic carbocycles. The Balaban J connectivity index is 2.18. The van der Waals surface area contributed by atoms with Crippen LogP contribution >= 0.6 is 0 Å². The van der Waals surface area contributed by atoms with E-state index in [1.54, 1.807) is 42.9 Å². The van der Waals surface area contributed by atoms with Gasteiger partial charge in [0.2, 0.25) is 10.0 Å².